The molecule has 1 fully saturated rings. The maximum absolute atomic E-state index is 12.3. The maximum Gasteiger partial charge on any atom is 0.226 e. The quantitative estimate of drug-likeness (QED) is 0.614. The van der Waals surface area contributed by atoms with E-state index in [0.717, 1.165) is 31.5 Å². The van der Waals surface area contributed by atoms with E-state index in [4.69, 9.17) is 11.2 Å². The number of carbonyl (C=O) groups excluding carboxylic acids is 1. The molecule has 0 unspecified atom stereocenters. The van der Waals surface area contributed by atoms with E-state index >= 15 is 0 Å². The van der Waals surface area contributed by atoms with Crippen molar-refractivity contribution in [1.29, 1.82) is 0 Å². The molecular formula is C18H23NO2. The minimum atomic E-state index is 0.226. The van der Waals surface area contributed by atoms with Crippen molar-refractivity contribution in [3.05, 3.63) is 35.4 Å². The Kier molecular flexibility index (Phi) is 5.83. The van der Waals surface area contributed by atoms with Gasteiger partial charge in [0.05, 0.1) is 13.0 Å². The van der Waals surface area contributed by atoms with Crippen molar-refractivity contribution in [3.63, 3.8) is 0 Å². The lowest BCUT2D eigenvalue weighted by Gasteiger charge is -2.32. The molecule has 0 N–H and O–H groups in total. The molecule has 0 saturated carbocycles. The molecule has 1 amide bonds. The number of rotatable bonds is 5. The van der Waals surface area contributed by atoms with Crippen molar-refractivity contribution < 1.29 is 9.53 Å². The molecule has 3 nitrogen and oxygen atoms in total. The van der Waals surface area contributed by atoms with Crippen LogP contribution in [0.4, 0.5) is 0 Å². The topological polar surface area (TPSA) is 29.5 Å². The average Bonchev–Trinajstić information content (AvgIpc) is 2.48. The van der Waals surface area contributed by atoms with E-state index in [9.17, 15) is 4.79 Å². The van der Waals surface area contributed by atoms with E-state index < -0.39 is 0 Å². The first-order valence-electron chi connectivity index (χ1n) is 7.53. The minimum absolute atomic E-state index is 0.226. The molecule has 1 heterocycles. The van der Waals surface area contributed by atoms with Gasteiger partial charge in [0.25, 0.3) is 0 Å². The third-order valence-electron chi connectivity index (χ3n) is 3.94. The number of amides is 1. The number of benzene rings is 1. The fourth-order valence-corrected chi connectivity index (χ4v) is 2.74. The van der Waals surface area contributed by atoms with Gasteiger partial charge in [-0.1, -0.05) is 35.7 Å². The number of carbonyl (C=O) groups is 1. The molecule has 1 aromatic rings. The lowest BCUT2D eigenvalue weighted by Crippen LogP contribution is -2.40. The fraction of sp³-hybridized carbons (Fsp3) is 0.500. The molecule has 0 atom stereocenters. The van der Waals surface area contributed by atoms with Gasteiger partial charge in [0.1, 0.15) is 6.61 Å². The summed E-state index contributed by atoms with van der Waals surface area (Å²) in [6, 6.07) is 8.16. The minimum Gasteiger partial charge on any atom is -0.369 e. The van der Waals surface area contributed by atoms with Crippen LogP contribution in [-0.2, 0) is 16.0 Å². The highest BCUT2D eigenvalue weighted by Crippen LogP contribution is 2.18. The van der Waals surface area contributed by atoms with Crippen LogP contribution in [0.1, 0.15) is 24.0 Å². The molecule has 1 aliphatic rings. The Morgan fingerprint density at radius 1 is 1.43 bits per heavy atom. The van der Waals surface area contributed by atoms with E-state index in [0.29, 0.717) is 25.6 Å². The SMILES string of the molecule is C#CCOCC1CCN(C(=O)Cc2cccc(C)c2)CC1. The molecule has 0 aromatic heterocycles. The van der Waals surface area contributed by atoms with Crippen LogP contribution in [-0.4, -0.2) is 37.1 Å². The number of likely N-dealkylation sites (tertiary alicyclic amines) is 1. The highest BCUT2D eigenvalue weighted by Gasteiger charge is 2.22. The molecule has 112 valence electrons. The Morgan fingerprint density at radius 2 is 2.19 bits per heavy atom. The number of aryl methyl sites for hydroxylation is 1. The van der Waals surface area contributed by atoms with E-state index in [1.54, 1.807) is 0 Å². The van der Waals surface area contributed by atoms with Crippen LogP contribution in [0, 0.1) is 25.2 Å². The predicted octanol–water partition coefficient (Wildman–Crippen LogP) is 2.43. The Morgan fingerprint density at radius 3 is 2.86 bits per heavy atom. The van der Waals surface area contributed by atoms with Gasteiger partial charge >= 0.3 is 0 Å². The highest BCUT2D eigenvalue weighted by molar-refractivity contribution is 5.78. The maximum atomic E-state index is 12.3. The Hall–Kier alpha value is -1.79. The monoisotopic (exact) mass is 285 g/mol. The van der Waals surface area contributed by atoms with Crippen molar-refractivity contribution in [3.8, 4) is 12.3 Å². The van der Waals surface area contributed by atoms with Gasteiger partial charge in [-0.3, -0.25) is 4.79 Å². The third-order valence-corrected chi connectivity index (χ3v) is 3.94. The van der Waals surface area contributed by atoms with Crippen LogP contribution >= 0.6 is 0 Å². The van der Waals surface area contributed by atoms with Crippen molar-refractivity contribution in [2.24, 2.45) is 5.92 Å². The molecule has 0 spiro atoms. The van der Waals surface area contributed by atoms with Gasteiger partial charge in [-0.25, -0.2) is 0 Å². The van der Waals surface area contributed by atoms with Gasteiger partial charge in [0.2, 0.25) is 5.91 Å². The van der Waals surface area contributed by atoms with Crippen LogP contribution in [0.3, 0.4) is 0 Å². The van der Waals surface area contributed by atoms with Crippen molar-refractivity contribution >= 4 is 5.91 Å². The zero-order chi connectivity index (χ0) is 15.1. The zero-order valence-corrected chi connectivity index (χ0v) is 12.7. The first-order chi connectivity index (χ1) is 10.2. The first kappa shape index (κ1) is 15.6. The number of terminal acetylenes is 1. The molecule has 1 saturated heterocycles. The van der Waals surface area contributed by atoms with Crippen LogP contribution in [0.2, 0.25) is 0 Å². The van der Waals surface area contributed by atoms with Crippen LogP contribution < -0.4 is 0 Å². The van der Waals surface area contributed by atoms with E-state index in [-0.39, 0.29) is 5.91 Å². The van der Waals surface area contributed by atoms with Gasteiger partial charge in [0.15, 0.2) is 0 Å². The van der Waals surface area contributed by atoms with Crippen LogP contribution in [0.25, 0.3) is 0 Å². The van der Waals surface area contributed by atoms with E-state index in [1.807, 2.05) is 17.0 Å². The molecule has 0 bridgehead atoms. The smallest absolute Gasteiger partial charge is 0.226 e. The van der Waals surface area contributed by atoms with Gasteiger partial charge in [-0.2, -0.15) is 0 Å². The standard InChI is InChI=1S/C18H23NO2/c1-3-11-21-14-16-7-9-19(10-8-16)18(20)13-17-6-4-5-15(2)12-17/h1,4-6,12,16H,7-11,13-14H2,2H3. The summed E-state index contributed by atoms with van der Waals surface area (Å²) in [4.78, 5) is 14.3. The second kappa shape index (κ2) is 7.85. The van der Waals surface area contributed by atoms with Gasteiger partial charge in [0, 0.05) is 13.1 Å². The van der Waals surface area contributed by atoms with E-state index in [1.165, 1.54) is 5.56 Å². The molecule has 1 aromatic carbocycles. The van der Waals surface area contributed by atoms with Gasteiger partial charge in [-0.05, 0) is 31.2 Å². The molecule has 21 heavy (non-hydrogen) atoms. The number of piperidine rings is 1. The van der Waals surface area contributed by atoms with Gasteiger partial charge in [-0.15, -0.1) is 6.42 Å². The summed E-state index contributed by atoms with van der Waals surface area (Å²) in [5.74, 6) is 3.23. The molecule has 1 aliphatic heterocycles. The lowest BCUT2D eigenvalue weighted by atomic mass is 9.97. The molecular weight excluding hydrogens is 262 g/mol. The average molecular weight is 285 g/mol. The van der Waals surface area contributed by atoms with Crippen molar-refractivity contribution in [1.82, 2.24) is 4.90 Å². The molecule has 0 aliphatic carbocycles. The second-order valence-electron chi connectivity index (χ2n) is 5.71. The predicted molar refractivity (Wildman–Crippen MR) is 83.8 cm³/mol. The van der Waals surface area contributed by atoms with E-state index in [2.05, 4.69) is 25.0 Å². The number of hydrogen-bond donors (Lipinski definition) is 0. The van der Waals surface area contributed by atoms with Gasteiger partial charge < -0.3 is 9.64 Å². The number of hydrogen-bond acceptors (Lipinski definition) is 2. The second-order valence-corrected chi connectivity index (χ2v) is 5.71. The van der Waals surface area contributed by atoms with Crippen molar-refractivity contribution in [2.75, 3.05) is 26.3 Å². The van der Waals surface area contributed by atoms with Crippen LogP contribution in [0.5, 0.6) is 0 Å². The molecule has 3 heteroatoms. The zero-order valence-electron chi connectivity index (χ0n) is 12.7. The normalized spacial score (nSPS) is 15.7. The largest absolute Gasteiger partial charge is 0.369 e. The summed E-state index contributed by atoms with van der Waals surface area (Å²) in [5.41, 5.74) is 2.30. The first-order valence-corrected chi connectivity index (χ1v) is 7.53. The van der Waals surface area contributed by atoms with Crippen LogP contribution in [0.15, 0.2) is 24.3 Å². The number of nitrogens with zero attached hydrogens (tertiary/aromatic N) is 1. The summed E-state index contributed by atoms with van der Waals surface area (Å²) < 4.78 is 5.39. The number of ether oxygens (including phenoxy) is 1. The summed E-state index contributed by atoms with van der Waals surface area (Å²) in [6.45, 7) is 4.80. The summed E-state index contributed by atoms with van der Waals surface area (Å²) in [5, 5.41) is 0. The Bertz CT molecular complexity index is 510. The highest BCUT2D eigenvalue weighted by atomic mass is 16.5. The molecule has 2 rings (SSSR count). The van der Waals surface area contributed by atoms with Crippen molar-refractivity contribution in [2.45, 2.75) is 26.2 Å². The fourth-order valence-electron chi connectivity index (χ4n) is 2.74. The molecule has 0 radical (unpaired) electrons. The Balaban J connectivity index is 1.77. The third kappa shape index (κ3) is 4.91. The lowest BCUT2D eigenvalue weighted by molar-refractivity contribution is -0.132. The summed E-state index contributed by atoms with van der Waals surface area (Å²) in [7, 11) is 0. The summed E-state index contributed by atoms with van der Waals surface area (Å²) >= 11 is 0. The summed E-state index contributed by atoms with van der Waals surface area (Å²) in [6.07, 6.45) is 7.67. The Labute approximate surface area is 127 Å².